The Kier molecular flexibility index (Phi) is 16.7. The van der Waals surface area contributed by atoms with Gasteiger partial charge in [0, 0.05) is 91.9 Å². The summed E-state index contributed by atoms with van der Waals surface area (Å²) in [5.74, 6) is 0.0632. The molecule has 0 unspecified atom stereocenters. The first-order valence-corrected chi connectivity index (χ1v) is 25.7. The molecule has 0 aliphatic heterocycles. The highest BCUT2D eigenvalue weighted by molar-refractivity contribution is 8.14. The van der Waals surface area contributed by atoms with E-state index < -0.39 is 0 Å². The lowest BCUT2D eigenvalue weighted by Crippen LogP contribution is -2.26. The molecule has 0 bridgehead atoms. The van der Waals surface area contributed by atoms with Gasteiger partial charge in [-0.3, -0.25) is 29.0 Å². The predicted molar refractivity (Wildman–Crippen MR) is 295 cm³/mol. The SMILES string of the molecule is CC(C)(C)c1cc(SC(=O)CCC(=O)N(c2ccccc2)c2ccc(Nc3ccc(N(C(=O)CCC(=O)Sc4cc(C(C)(C)C)c(O)c(C(C)(C)C)c4)c4ccccc4)cc3)cc2)cc(C(C)(C)C)c1O. The van der Waals surface area contributed by atoms with Gasteiger partial charge in [-0.05, 0) is 119 Å². The van der Waals surface area contributed by atoms with E-state index in [0.717, 1.165) is 66.9 Å². The van der Waals surface area contributed by atoms with Crippen LogP contribution in [0, 0.1) is 0 Å². The van der Waals surface area contributed by atoms with Crippen LogP contribution in [-0.4, -0.2) is 32.3 Å². The maximum atomic E-state index is 14.0. The summed E-state index contributed by atoms with van der Waals surface area (Å²) >= 11 is 2.20. The minimum atomic E-state index is -0.338. The molecule has 71 heavy (non-hydrogen) atoms. The highest BCUT2D eigenvalue weighted by atomic mass is 32.2. The number of hydrogen-bond donors (Lipinski definition) is 3. The van der Waals surface area contributed by atoms with Gasteiger partial charge in [-0.25, -0.2) is 0 Å². The molecule has 3 N–H and O–H groups in total. The number of anilines is 6. The molecule has 0 atom stereocenters. The zero-order chi connectivity index (χ0) is 52.1. The largest absolute Gasteiger partial charge is 0.507 e. The van der Waals surface area contributed by atoms with Gasteiger partial charge < -0.3 is 15.5 Å². The average Bonchev–Trinajstić information content (AvgIpc) is 3.29. The zero-order valence-corrected chi connectivity index (χ0v) is 44.9. The van der Waals surface area contributed by atoms with Gasteiger partial charge >= 0.3 is 0 Å². The molecule has 0 aliphatic rings. The molecule has 0 aromatic heterocycles. The van der Waals surface area contributed by atoms with Crippen molar-refractivity contribution in [2.45, 2.75) is 140 Å². The standard InChI is InChI=1S/C60H69N3O6S2/c1-57(2,3)47-35-45(36-48(55(47)68)58(4,5)6)70-53(66)33-31-51(64)62(41-19-15-13-16-20-41)43-27-23-39(24-28-43)61-40-25-29-44(30-26-40)63(42-21-17-14-18-22-42)52(65)32-34-54(67)71-46-37-49(59(7,8)9)56(69)50(38-46)60(10,11)12/h13-30,35-38,61,68-69H,31-34H2,1-12H3. The van der Waals surface area contributed by atoms with Crippen LogP contribution < -0.4 is 15.1 Å². The molecule has 2 amide bonds. The lowest BCUT2D eigenvalue weighted by Gasteiger charge is -2.28. The summed E-state index contributed by atoms with van der Waals surface area (Å²) in [6.45, 7) is 24.4. The van der Waals surface area contributed by atoms with Crippen LogP contribution in [0.25, 0.3) is 0 Å². The maximum absolute atomic E-state index is 14.0. The Morgan fingerprint density at radius 3 is 0.944 bits per heavy atom. The molecule has 6 aromatic rings. The molecular formula is C60H69N3O6S2. The Hall–Kier alpha value is -6.30. The van der Waals surface area contributed by atoms with Crippen molar-refractivity contribution in [2.75, 3.05) is 15.1 Å². The van der Waals surface area contributed by atoms with Crippen LogP contribution in [0.2, 0.25) is 0 Å². The Morgan fingerprint density at radius 2 is 0.676 bits per heavy atom. The van der Waals surface area contributed by atoms with E-state index in [0.29, 0.717) is 22.7 Å². The molecule has 0 aliphatic carbocycles. The molecule has 11 heteroatoms. The van der Waals surface area contributed by atoms with Crippen molar-refractivity contribution < 1.29 is 29.4 Å². The van der Waals surface area contributed by atoms with Crippen LogP contribution in [0.4, 0.5) is 34.1 Å². The third kappa shape index (κ3) is 14.0. The molecule has 6 aromatic carbocycles. The van der Waals surface area contributed by atoms with Crippen LogP contribution >= 0.6 is 23.5 Å². The summed E-state index contributed by atoms with van der Waals surface area (Å²) in [7, 11) is 0. The van der Waals surface area contributed by atoms with Gasteiger partial charge in [-0.15, -0.1) is 0 Å². The van der Waals surface area contributed by atoms with Crippen molar-refractivity contribution >= 4 is 79.7 Å². The second-order valence-corrected chi connectivity index (χ2v) is 24.3. The van der Waals surface area contributed by atoms with E-state index in [1.54, 1.807) is 9.80 Å². The summed E-state index contributed by atoms with van der Waals surface area (Å²) in [4.78, 5) is 59.7. The van der Waals surface area contributed by atoms with E-state index in [1.807, 2.05) is 217 Å². The highest BCUT2D eigenvalue weighted by Crippen LogP contribution is 2.44. The van der Waals surface area contributed by atoms with Crippen molar-refractivity contribution in [1.82, 2.24) is 0 Å². The number of nitrogens with zero attached hydrogens (tertiary/aromatic N) is 2. The number of thioether (sulfide) groups is 2. The molecule has 0 saturated heterocycles. The summed E-state index contributed by atoms with van der Waals surface area (Å²) in [6.07, 6.45) is 0.0546. The number of phenolic OH excluding ortho intramolecular Hbond substituents is 2. The van der Waals surface area contributed by atoms with Crippen LogP contribution in [0.1, 0.15) is 131 Å². The second-order valence-electron chi connectivity index (χ2n) is 22.0. The van der Waals surface area contributed by atoms with E-state index in [4.69, 9.17) is 0 Å². The lowest BCUT2D eigenvalue weighted by atomic mass is 9.79. The number of carbonyl (C=O) groups is 4. The molecule has 0 saturated carbocycles. The predicted octanol–water partition coefficient (Wildman–Crippen LogP) is 15.6. The van der Waals surface area contributed by atoms with E-state index in [2.05, 4.69) is 5.32 Å². The van der Waals surface area contributed by atoms with Gasteiger partial charge in [0.2, 0.25) is 11.8 Å². The summed E-state index contributed by atoms with van der Waals surface area (Å²) in [5, 5.41) is 25.5. The van der Waals surface area contributed by atoms with E-state index >= 15 is 0 Å². The normalized spacial score (nSPS) is 12.1. The van der Waals surface area contributed by atoms with Gasteiger partial charge in [0.05, 0.1) is 0 Å². The van der Waals surface area contributed by atoms with Crippen LogP contribution in [0.15, 0.2) is 143 Å². The van der Waals surface area contributed by atoms with Crippen molar-refractivity contribution in [2.24, 2.45) is 0 Å². The number of benzene rings is 6. The fourth-order valence-corrected chi connectivity index (χ4v) is 9.85. The summed E-state index contributed by atoms with van der Waals surface area (Å²) < 4.78 is 0. The minimum Gasteiger partial charge on any atom is -0.507 e. The summed E-state index contributed by atoms with van der Waals surface area (Å²) in [6, 6.07) is 41.2. The fourth-order valence-electron chi connectivity index (χ4n) is 8.21. The monoisotopic (exact) mass is 991 g/mol. The van der Waals surface area contributed by atoms with E-state index in [-0.39, 0.29) is 80.9 Å². The molecule has 6 rings (SSSR count). The minimum absolute atomic E-state index is 0.00214. The second kappa shape index (κ2) is 22.0. The first-order valence-electron chi connectivity index (χ1n) is 24.1. The fraction of sp³-hybridized carbons (Fsp3) is 0.333. The van der Waals surface area contributed by atoms with E-state index in [9.17, 15) is 29.4 Å². The quantitative estimate of drug-likeness (QED) is 0.0914. The molecule has 0 fully saturated rings. The van der Waals surface area contributed by atoms with Crippen molar-refractivity contribution in [3.8, 4) is 11.5 Å². The Bertz CT molecular complexity index is 2590. The highest BCUT2D eigenvalue weighted by Gasteiger charge is 2.30. The number of rotatable bonds is 14. The molecule has 372 valence electrons. The number of aromatic hydroxyl groups is 2. The van der Waals surface area contributed by atoms with Gasteiger partial charge in [-0.2, -0.15) is 0 Å². The van der Waals surface area contributed by atoms with Crippen LogP contribution in [-0.2, 0) is 40.8 Å². The van der Waals surface area contributed by atoms with Crippen molar-refractivity contribution in [3.05, 3.63) is 156 Å². The summed E-state index contributed by atoms with van der Waals surface area (Å²) in [5.41, 5.74) is 5.95. The van der Waals surface area contributed by atoms with Crippen molar-refractivity contribution in [3.63, 3.8) is 0 Å². The topological polar surface area (TPSA) is 127 Å². The number of phenols is 2. The number of para-hydroxylation sites is 2. The maximum Gasteiger partial charge on any atom is 0.232 e. The average molecular weight is 992 g/mol. The smallest absolute Gasteiger partial charge is 0.232 e. The van der Waals surface area contributed by atoms with Crippen LogP contribution in [0.3, 0.4) is 0 Å². The molecule has 0 spiro atoms. The van der Waals surface area contributed by atoms with Gasteiger partial charge in [0.15, 0.2) is 10.2 Å². The Morgan fingerprint density at radius 1 is 0.408 bits per heavy atom. The third-order valence-electron chi connectivity index (χ3n) is 12.0. The zero-order valence-electron chi connectivity index (χ0n) is 43.3. The molecular weight excluding hydrogens is 923 g/mol. The Labute approximate surface area is 429 Å². The molecule has 0 heterocycles. The first kappa shape index (κ1) is 54.0. The number of amides is 2. The number of carbonyl (C=O) groups excluding carboxylic acids is 4. The van der Waals surface area contributed by atoms with Gasteiger partial charge in [-0.1, -0.05) is 143 Å². The number of hydrogen-bond acceptors (Lipinski definition) is 9. The third-order valence-corrected chi connectivity index (χ3v) is 13.8. The number of nitrogens with one attached hydrogen (secondary N) is 1. The molecule has 0 radical (unpaired) electrons. The van der Waals surface area contributed by atoms with Crippen LogP contribution in [0.5, 0.6) is 11.5 Å². The lowest BCUT2D eigenvalue weighted by molar-refractivity contribution is -0.120. The Balaban J connectivity index is 1.13. The van der Waals surface area contributed by atoms with Gasteiger partial charge in [0.1, 0.15) is 11.5 Å². The van der Waals surface area contributed by atoms with Crippen molar-refractivity contribution in [1.29, 1.82) is 0 Å². The molecule has 9 nitrogen and oxygen atoms in total. The van der Waals surface area contributed by atoms with Gasteiger partial charge in [0.25, 0.3) is 0 Å². The van der Waals surface area contributed by atoms with E-state index in [1.165, 1.54) is 0 Å². The first-order chi connectivity index (χ1) is 33.2.